The molecule has 1 heterocycles. The first kappa shape index (κ1) is 11.9. The largest absolute Gasteiger partial charge is 0.315 e. The minimum Gasteiger partial charge on any atom is -0.315 e. The quantitative estimate of drug-likeness (QED) is 0.888. The molecule has 0 saturated heterocycles. The second-order valence-electron chi connectivity index (χ2n) is 4.92. The third kappa shape index (κ3) is 2.62. The molecule has 94 valence electrons. The number of nitrogens with zero attached hydrogens (tertiary/aromatic N) is 1. The number of thiazole rings is 1. The molecular formula is C15H18N2S. The van der Waals surface area contributed by atoms with Gasteiger partial charge < -0.3 is 5.32 Å². The number of rotatable bonds is 5. The van der Waals surface area contributed by atoms with Gasteiger partial charge in [0, 0.05) is 23.4 Å². The van der Waals surface area contributed by atoms with Crippen LogP contribution in [-0.4, -0.2) is 12.0 Å². The molecule has 1 N–H and O–H groups in total. The maximum atomic E-state index is 4.86. The Labute approximate surface area is 112 Å². The fourth-order valence-corrected chi connectivity index (χ4v) is 3.38. The van der Waals surface area contributed by atoms with Crippen molar-refractivity contribution < 1.29 is 0 Å². The van der Waals surface area contributed by atoms with Crippen molar-refractivity contribution in [1.82, 2.24) is 10.3 Å². The Balaban J connectivity index is 1.92. The summed E-state index contributed by atoms with van der Waals surface area (Å²) >= 11 is 1.87. The summed E-state index contributed by atoms with van der Waals surface area (Å²) in [6.07, 6.45) is 3.96. The molecular weight excluding hydrogens is 240 g/mol. The van der Waals surface area contributed by atoms with Crippen molar-refractivity contribution in [3.05, 3.63) is 40.2 Å². The lowest BCUT2D eigenvalue weighted by Crippen LogP contribution is -2.04. The van der Waals surface area contributed by atoms with E-state index in [1.54, 1.807) is 0 Å². The standard InChI is InChI=1S/C15H18N2S/c1-16-10-13-15(12-5-3-2-4-6-12)17-14(18-13)9-11-7-8-11/h2-6,11,16H,7-10H2,1H3. The minimum atomic E-state index is 0.905. The van der Waals surface area contributed by atoms with Crippen LogP contribution in [0.1, 0.15) is 22.7 Å². The normalized spacial score (nSPS) is 14.9. The van der Waals surface area contributed by atoms with E-state index in [1.807, 2.05) is 18.4 Å². The van der Waals surface area contributed by atoms with E-state index in [1.165, 1.54) is 40.4 Å². The van der Waals surface area contributed by atoms with E-state index in [4.69, 9.17) is 4.98 Å². The number of aromatic nitrogens is 1. The first-order valence-electron chi connectivity index (χ1n) is 6.55. The summed E-state index contributed by atoms with van der Waals surface area (Å²) in [4.78, 5) is 6.22. The monoisotopic (exact) mass is 258 g/mol. The Morgan fingerprint density at radius 3 is 2.72 bits per heavy atom. The number of hydrogen-bond acceptors (Lipinski definition) is 3. The minimum absolute atomic E-state index is 0.905. The Kier molecular flexibility index (Phi) is 3.43. The van der Waals surface area contributed by atoms with Crippen LogP contribution in [0.15, 0.2) is 30.3 Å². The highest BCUT2D eigenvalue weighted by atomic mass is 32.1. The second-order valence-corrected chi connectivity index (χ2v) is 6.09. The van der Waals surface area contributed by atoms with Crippen LogP contribution in [0.5, 0.6) is 0 Å². The van der Waals surface area contributed by atoms with Crippen molar-refractivity contribution in [3.8, 4) is 11.3 Å². The predicted octanol–water partition coefficient (Wildman–Crippen LogP) is 3.48. The molecule has 1 aliphatic rings. The smallest absolute Gasteiger partial charge is 0.0938 e. The van der Waals surface area contributed by atoms with E-state index in [-0.39, 0.29) is 0 Å². The van der Waals surface area contributed by atoms with Crippen LogP contribution in [0.3, 0.4) is 0 Å². The summed E-state index contributed by atoms with van der Waals surface area (Å²) in [5.41, 5.74) is 2.41. The van der Waals surface area contributed by atoms with Crippen LogP contribution in [0.25, 0.3) is 11.3 Å². The molecule has 1 aromatic carbocycles. The topological polar surface area (TPSA) is 24.9 Å². The Morgan fingerprint density at radius 2 is 2.06 bits per heavy atom. The summed E-state index contributed by atoms with van der Waals surface area (Å²) in [7, 11) is 2.00. The molecule has 0 aliphatic heterocycles. The summed E-state index contributed by atoms with van der Waals surface area (Å²) in [5.74, 6) is 0.905. The molecule has 0 atom stereocenters. The van der Waals surface area contributed by atoms with E-state index in [2.05, 4.69) is 35.6 Å². The van der Waals surface area contributed by atoms with Crippen molar-refractivity contribution in [2.75, 3.05) is 7.05 Å². The van der Waals surface area contributed by atoms with Gasteiger partial charge in [-0.1, -0.05) is 30.3 Å². The molecule has 2 aromatic rings. The zero-order chi connectivity index (χ0) is 12.4. The van der Waals surface area contributed by atoms with E-state index >= 15 is 0 Å². The Hall–Kier alpha value is -1.19. The maximum Gasteiger partial charge on any atom is 0.0938 e. The van der Waals surface area contributed by atoms with Crippen LogP contribution >= 0.6 is 11.3 Å². The summed E-state index contributed by atoms with van der Waals surface area (Å²) in [5, 5.41) is 4.55. The van der Waals surface area contributed by atoms with E-state index < -0.39 is 0 Å². The molecule has 0 amide bonds. The van der Waals surface area contributed by atoms with Crippen molar-refractivity contribution >= 4 is 11.3 Å². The third-order valence-corrected chi connectivity index (χ3v) is 4.36. The molecule has 0 bridgehead atoms. The van der Waals surface area contributed by atoms with Gasteiger partial charge in [0.05, 0.1) is 10.7 Å². The molecule has 1 fully saturated rings. The summed E-state index contributed by atoms with van der Waals surface area (Å²) in [6.45, 7) is 0.909. The van der Waals surface area contributed by atoms with E-state index in [0.717, 1.165) is 12.5 Å². The average molecular weight is 258 g/mol. The highest BCUT2D eigenvalue weighted by Gasteiger charge is 2.24. The van der Waals surface area contributed by atoms with Gasteiger partial charge in [-0.05, 0) is 25.8 Å². The molecule has 0 spiro atoms. The molecule has 0 radical (unpaired) electrons. The Morgan fingerprint density at radius 1 is 1.28 bits per heavy atom. The molecule has 0 unspecified atom stereocenters. The van der Waals surface area contributed by atoms with Gasteiger partial charge in [-0.2, -0.15) is 0 Å². The van der Waals surface area contributed by atoms with Crippen molar-refractivity contribution in [1.29, 1.82) is 0 Å². The zero-order valence-electron chi connectivity index (χ0n) is 10.6. The predicted molar refractivity (Wildman–Crippen MR) is 76.7 cm³/mol. The fourth-order valence-electron chi connectivity index (χ4n) is 2.16. The van der Waals surface area contributed by atoms with Crippen molar-refractivity contribution in [3.63, 3.8) is 0 Å². The van der Waals surface area contributed by atoms with Gasteiger partial charge in [0.1, 0.15) is 0 Å². The molecule has 2 nitrogen and oxygen atoms in total. The van der Waals surface area contributed by atoms with Crippen LogP contribution < -0.4 is 5.32 Å². The zero-order valence-corrected chi connectivity index (χ0v) is 11.5. The van der Waals surface area contributed by atoms with E-state index in [0.29, 0.717) is 0 Å². The lowest BCUT2D eigenvalue weighted by atomic mass is 10.1. The highest BCUT2D eigenvalue weighted by Crippen LogP contribution is 2.36. The number of nitrogens with one attached hydrogen (secondary N) is 1. The van der Waals surface area contributed by atoms with Gasteiger partial charge in [-0.3, -0.25) is 0 Å². The number of benzene rings is 1. The molecule has 1 saturated carbocycles. The molecule has 1 aromatic heterocycles. The van der Waals surface area contributed by atoms with Crippen LogP contribution in [-0.2, 0) is 13.0 Å². The van der Waals surface area contributed by atoms with Crippen LogP contribution in [0.2, 0.25) is 0 Å². The fraction of sp³-hybridized carbons (Fsp3) is 0.400. The summed E-state index contributed by atoms with van der Waals surface area (Å²) in [6, 6.07) is 10.5. The molecule has 18 heavy (non-hydrogen) atoms. The summed E-state index contributed by atoms with van der Waals surface area (Å²) < 4.78 is 0. The maximum absolute atomic E-state index is 4.86. The van der Waals surface area contributed by atoms with Gasteiger partial charge in [0.2, 0.25) is 0 Å². The van der Waals surface area contributed by atoms with Crippen molar-refractivity contribution in [2.45, 2.75) is 25.8 Å². The van der Waals surface area contributed by atoms with E-state index in [9.17, 15) is 0 Å². The van der Waals surface area contributed by atoms with Crippen LogP contribution in [0.4, 0.5) is 0 Å². The SMILES string of the molecule is CNCc1sc(CC2CC2)nc1-c1ccccc1. The lowest BCUT2D eigenvalue weighted by molar-refractivity contribution is 0.822. The first-order chi connectivity index (χ1) is 8.86. The van der Waals surface area contributed by atoms with Gasteiger partial charge in [-0.15, -0.1) is 11.3 Å². The first-order valence-corrected chi connectivity index (χ1v) is 7.37. The molecule has 1 aliphatic carbocycles. The Bertz CT molecular complexity index is 515. The second kappa shape index (κ2) is 5.21. The van der Waals surface area contributed by atoms with Crippen molar-refractivity contribution in [2.24, 2.45) is 5.92 Å². The lowest BCUT2D eigenvalue weighted by Gasteiger charge is -2.00. The number of hydrogen-bond donors (Lipinski definition) is 1. The third-order valence-electron chi connectivity index (χ3n) is 3.29. The van der Waals surface area contributed by atoms with Crippen LogP contribution in [0, 0.1) is 5.92 Å². The van der Waals surface area contributed by atoms with Gasteiger partial charge in [0.15, 0.2) is 0 Å². The molecule has 3 heteroatoms. The average Bonchev–Trinajstić information content (AvgIpc) is 3.11. The molecule has 3 rings (SSSR count). The van der Waals surface area contributed by atoms with Gasteiger partial charge in [0.25, 0.3) is 0 Å². The highest BCUT2D eigenvalue weighted by molar-refractivity contribution is 7.12. The van der Waals surface area contributed by atoms with Gasteiger partial charge >= 0.3 is 0 Å². The van der Waals surface area contributed by atoms with Gasteiger partial charge in [-0.25, -0.2) is 4.98 Å².